The Morgan fingerprint density at radius 3 is 1.26 bits per heavy atom. The van der Waals surface area contributed by atoms with E-state index in [0.717, 1.165) is 17.1 Å². The highest BCUT2D eigenvalue weighted by molar-refractivity contribution is 6.04. The first-order chi connectivity index (χ1) is 30.2. The van der Waals surface area contributed by atoms with E-state index in [0.29, 0.717) is 0 Å². The van der Waals surface area contributed by atoms with Crippen LogP contribution in [-0.2, 0) is 0 Å². The number of nitrogens with zero attached hydrogens (tertiary/aromatic N) is 1. The molecule has 0 aliphatic heterocycles. The Hall–Kier alpha value is -8.00. The van der Waals surface area contributed by atoms with Gasteiger partial charge in [0.05, 0.1) is 5.69 Å². The van der Waals surface area contributed by atoms with E-state index in [1.165, 1.54) is 88.0 Å². The molecule has 0 unspecified atom stereocenters. The highest BCUT2D eigenvalue weighted by Gasteiger charge is 2.21. The van der Waals surface area contributed by atoms with Crippen molar-refractivity contribution < 1.29 is 0 Å². The fourth-order valence-corrected chi connectivity index (χ4v) is 8.94. The molecule has 1 heteroatoms. The predicted molar refractivity (Wildman–Crippen MR) is 261 cm³/mol. The maximum atomic E-state index is 2.44. The van der Waals surface area contributed by atoms with E-state index in [4.69, 9.17) is 0 Å². The van der Waals surface area contributed by atoms with E-state index in [1.807, 2.05) is 0 Å². The van der Waals surface area contributed by atoms with Crippen LogP contribution in [0.2, 0.25) is 0 Å². The first kappa shape index (κ1) is 36.1. The summed E-state index contributed by atoms with van der Waals surface area (Å²) in [6, 6.07) is 90.6. The van der Waals surface area contributed by atoms with Crippen molar-refractivity contribution >= 4 is 49.4 Å². The zero-order valence-corrected chi connectivity index (χ0v) is 33.6. The summed E-state index contributed by atoms with van der Waals surface area (Å²) in [5, 5.41) is 7.40. The Bertz CT molecular complexity index is 3320. The molecule has 61 heavy (non-hydrogen) atoms. The van der Waals surface area contributed by atoms with Gasteiger partial charge in [0, 0.05) is 16.9 Å². The third-order valence-electron chi connectivity index (χ3n) is 12.1. The van der Waals surface area contributed by atoms with Crippen molar-refractivity contribution in [1.29, 1.82) is 0 Å². The number of benzene rings is 11. The van der Waals surface area contributed by atoms with Crippen LogP contribution in [-0.4, -0.2) is 0 Å². The second-order valence-electron chi connectivity index (χ2n) is 15.7. The van der Waals surface area contributed by atoms with Crippen molar-refractivity contribution in [1.82, 2.24) is 0 Å². The minimum Gasteiger partial charge on any atom is -0.310 e. The van der Waals surface area contributed by atoms with Crippen molar-refractivity contribution in [2.24, 2.45) is 0 Å². The van der Waals surface area contributed by atoms with Crippen LogP contribution >= 0.6 is 0 Å². The quantitative estimate of drug-likeness (QED) is 0.149. The number of hydrogen-bond donors (Lipinski definition) is 0. The Morgan fingerprint density at radius 1 is 0.213 bits per heavy atom. The lowest BCUT2D eigenvalue weighted by atomic mass is 9.92. The van der Waals surface area contributed by atoms with Gasteiger partial charge in [0.25, 0.3) is 0 Å². The zero-order chi connectivity index (χ0) is 40.5. The summed E-state index contributed by atoms with van der Waals surface area (Å²) >= 11 is 0. The Labute approximate surface area is 357 Å². The van der Waals surface area contributed by atoms with Crippen LogP contribution < -0.4 is 4.90 Å². The SMILES string of the molecule is c1ccc(-c2ccc(-c3ccc(N(c4ccc(-c5ccc6ccccc6c5)cc4)c4cc(-c5cccc6ccccc56)ccc4-c4cccc5ccccc45)cc3)cc2)cc1. The van der Waals surface area contributed by atoms with Gasteiger partial charge in [0.15, 0.2) is 0 Å². The van der Waals surface area contributed by atoms with Gasteiger partial charge in [-0.1, -0.05) is 212 Å². The van der Waals surface area contributed by atoms with Gasteiger partial charge < -0.3 is 4.90 Å². The number of rotatable bonds is 8. The third kappa shape index (κ3) is 6.93. The molecule has 11 rings (SSSR count). The van der Waals surface area contributed by atoms with Gasteiger partial charge in [0.1, 0.15) is 0 Å². The Morgan fingerprint density at radius 2 is 0.639 bits per heavy atom. The molecule has 0 spiro atoms. The molecule has 286 valence electrons. The van der Waals surface area contributed by atoms with Crippen LogP contribution in [0, 0.1) is 0 Å². The topological polar surface area (TPSA) is 3.24 Å². The lowest BCUT2D eigenvalue weighted by molar-refractivity contribution is 1.28. The van der Waals surface area contributed by atoms with Crippen molar-refractivity contribution in [3.05, 3.63) is 249 Å². The summed E-state index contributed by atoms with van der Waals surface area (Å²) in [6.07, 6.45) is 0. The predicted octanol–water partition coefficient (Wildman–Crippen LogP) is 17.0. The summed E-state index contributed by atoms with van der Waals surface area (Å²) in [4.78, 5) is 2.44. The van der Waals surface area contributed by atoms with Crippen molar-refractivity contribution in [3.63, 3.8) is 0 Å². The van der Waals surface area contributed by atoms with Crippen LogP contribution in [0.15, 0.2) is 249 Å². The molecule has 0 amide bonds. The average Bonchev–Trinajstić information content (AvgIpc) is 3.34. The van der Waals surface area contributed by atoms with Crippen LogP contribution in [0.4, 0.5) is 17.1 Å². The van der Waals surface area contributed by atoms with Gasteiger partial charge in [-0.3, -0.25) is 0 Å². The van der Waals surface area contributed by atoms with Crippen LogP contribution in [0.25, 0.3) is 88.0 Å². The average molecular weight is 776 g/mol. The molecule has 11 aromatic carbocycles. The molecule has 1 nitrogen and oxygen atoms in total. The van der Waals surface area contributed by atoms with Crippen molar-refractivity contribution in [2.45, 2.75) is 0 Å². The van der Waals surface area contributed by atoms with Gasteiger partial charge in [0.2, 0.25) is 0 Å². The second kappa shape index (κ2) is 15.6. The molecule has 0 aliphatic carbocycles. The summed E-state index contributed by atoms with van der Waals surface area (Å²) in [6.45, 7) is 0. The minimum atomic E-state index is 1.08. The number of fused-ring (bicyclic) bond motifs is 3. The first-order valence-electron chi connectivity index (χ1n) is 21.0. The van der Waals surface area contributed by atoms with Crippen molar-refractivity contribution in [2.75, 3.05) is 4.90 Å². The minimum absolute atomic E-state index is 1.08. The van der Waals surface area contributed by atoms with Gasteiger partial charge in [-0.25, -0.2) is 0 Å². The summed E-state index contributed by atoms with van der Waals surface area (Å²) in [7, 11) is 0. The molecule has 11 aromatic rings. The van der Waals surface area contributed by atoms with E-state index in [9.17, 15) is 0 Å². The van der Waals surface area contributed by atoms with E-state index in [1.54, 1.807) is 0 Å². The fraction of sp³-hybridized carbons (Fsp3) is 0. The Kier molecular flexibility index (Phi) is 9.26. The second-order valence-corrected chi connectivity index (χ2v) is 15.7. The smallest absolute Gasteiger partial charge is 0.0546 e. The molecule has 0 radical (unpaired) electrons. The van der Waals surface area contributed by atoms with E-state index < -0.39 is 0 Å². The maximum Gasteiger partial charge on any atom is 0.0546 e. The Balaban J connectivity index is 1.09. The van der Waals surface area contributed by atoms with E-state index in [2.05, 4.69) is 254 Å². The number of anilines is 3. The number of hydrogen-bond acceptors (Lipinski definition) is 1. The highest BCUT2D eigenvalue weighted by Crippen LogP contribution is 2.46. The van der Waals surface area contributed by atoms with Crippen LogP contribution in [0.5, 0.6) is 0 Å². The van der Waals surface area contributed by atoms with E-state index >= 15 is 0 Å². The van der Waals surface area contributed by atoms with Gasteiger partial charge >= 0.3 is 0 Å². The summed E-state index contributed by atoms with van der Waals surface area (Å²) in [5.74, 6) is 0. The monoisotopic (exact) mass is 775 g/mol. The van der Waals surface area contributed by atoms with Crippen molar-refractivity contribution in [3.8, 4) is 55.6 Å². The lowest BCUT2D eigenvalue weighted by Crippen LogP contribution is -2.11. The normalized spacial score (nSPS) is 11.3. The maximum absolute atomic E-state index is 2.44. The standard InChI is InChI=1S/C60H41N/c1-2-12-42(13-3-1)44-24-26-45(27-25-44)46-30-35-53(36-31-46)61(54-37-32-47(33-38-54)51-29-28-43-14-4-5-17-50(43)40-51)60-41-52(57-22-10-18-48-15-6-8-20-55(48)57)34-39-59(60)58-23-11-19-49-16-7-9-21-56(49)58/h1-41H. The van der Waals surface area contributed by atoms with Gasteiger partial charge in [-0.2, -0.15) is 0 Å². The molecule has 0 atom stereocenters. The molecule has 0 aromatic heterocycles. The molecule has 0 saturated carbocycles. The zero-order valence-electron chi connectivity index (χ0n) is 33.6. The fourth-order valence-electron chi connectivity index (χ4n) is 8.94. The van der Waals surface area contributed by atoms with Crippen LogP contribution in [0.1, 0.15) is 0 Å². The van der Waals surface area contributed by atoms with E-state index in [-0.39, 0.29) is 0 Å². The highest BCUT2D eigenvalue weighted by atomic mass is 15.1. The summed E-state index contributed by atoms with van der Waals surface area (Å²) < 4.78 is 0. The molecule has 0 bridgehead atoms. The van der Waals surface area contributed by atoms with Gasteiger partial charge in [-0.05, 0) is 119 Å². The molecule has 0 saturated heterocycles. The summed E-state index contributed by atoms with van der Waals surface area (Å²) in [5.41, 5.74) is 15.2. The van der Waals surface area contributed by atoms with Crippen LogP contribution in [0.3, 0.4) is 0 Å². The first-order valence-corrected chi connectivity index (χ1v) is 21.0. The molecule has 0 heterocycles. The third-order valence-corrected chi connectivity index (χ3v) is 12.1. The molecule has 0 N–H and O–H groups in total. The molecule has 0 fully saturated rings. The lowest BCUT2D eigenvalue weighted by Gasteiger charge is -2.29. The molecular formula is C60H41N. The molecule has 0 aliphatic rings. The largest absolute Gasteiger partial charge is 0.310 e. The molecular weight excluding hydrogens is 735 g/mol. The van der Waals surface area contributed by atoms with Gasteiger partial charge in [-0.15, -0.1) is 0 Å².